The molecule has 1 aliphatic heterocycles. The van der Waals surface area contributed by atoms with Crippen molar-refractivity contribution in [3.05, 3.63) is 29.3 Å². The monoisotopic (exact) mass is 354 g/mol. The Balaban J connectivity index is 2.36. The maximum absolute atomic E-state index is 12.4. The van der Waals surface area contributed by atoms with Gasteiger partial charge in [-0.25, -0.2) is 8.42 Å². The second-order valence-corrected chi connectivity index (χ2v) is 7.73. The number of sulfonamides is 1. The molecule has 1 heterocycles. The Morgan fingerprint density at radius 2 is 1.79 bits per heavy atom. The largest absolute Gasteiger partial charge is 0.480 e. The minimum Gasteiger partial charge on any atom is -0.480 e. The van der Waals surface area contributed by atoms with Gasteiger partial charge in [0.25, 0.3) is 11.8 Å². The highest BCUT2D eigenvalue weighted by molar-refractivity contribution is 7.89. The lowest BCUT2D eigenvalue weighted by molar-refractivity contribution is -0.139. The Hall–Kier alpha value is -2.26. The number of hydrogen-bond acceptors (Lipinski definition) is 5. The van der Waals surface area contributed by atoms with Crippen LogP contribution in [0.15, 0.2) is 23.1 Å². The van der Waals surface area contributed by atoms with E-state index in [9.17, 15) is 22.8 Å². The number of nitrogens with zero attached hydrogens (tertiary/aromatic N) is 1. The van der Waals surface area contributed by atoms with Crippen LogP contribution in [0.25, 0.3) is 0 Å². The van der Waals surface area contributed by atoms with E-state index < -0.39 is 33.8 Å². The predicted molar refractivity (Wildman–Crippen MR) is 84.1 cm³/mol. The number of fused-ring (bicyclic) bond motifs is 1. The highest BCUT2D eigenvalue weighted by Crippen LogP contribution is 2.24. The number of carbonyl (C=O) groups excluding carboxylic acids is 2. The van der Waals surface area contributed by atoms with E-state index in [0.717, 1.165) is 11.0 Å². The first kappa shape index (κ1) is 18.1. The summed E-state index contributed by atoms with van der Waals surface area (Å²) < 4.78 is 27.0. The molecule has 0 saturated heterocycles. The predicted octanol–water partition coefficient (Wildman–Crippen LogP) is 0.690. The summed E-state index contributed by atoms with van der Waals surface area (Å²) in [6.07, 6.45) is 0.125. The van der Waals surface area contributed by atoms with Crippen molar-refractivity contribution >= 4 is 27.8 Å². The summed E-state index contributed by atoms with van der Waals surface area (Å²) in [6, 6.07) is 2.25. The summed E-state index contributed by atoms with van der Waals surface area (Å²) in [5.74, 6) is -2.40. The first-order valence-corrected chi connectivity index (χ1v) is 8.74. The SMILES string of the molecule is CC(C)C[C@@H](NS(=O)(=O)c1ccc2c(c1)C(=O)N(C)C2=O)C(=O)O. The van der Waals surface area contributed by atoms with Crippen molar-refractivity contribution in [1.29, 1.82) is 0 Å². The van der Waals surface area contributed by atoms with Crippen molar-refractivity contribution < 1.29 is 27.9 Å². The van der Waals surface area contributed by atoms with Gasteiger partial charge in [-0.05, 0) is 30.5 Å². The lowest BCUT2D eigenvalue weighted by atomic mass is 10.1. The summed E-state index contributed by atoms with van der Waals surface area (Å²) in [6.45, 7) is 3.56. The van der Waals surface area contributed by atoms with E-state index in [-0.39, 0.29) is 28.4 Å². The minimum absolute atomic E-state index is 0.0129. The Morgan fingerprint density at radius 3 is 2.33 bits per heavy atom. The smallest absolute Gasteiger partial charge is 0.321 e. The molecule has 0 spiro atoms. The van der Waals surface area contributed by atoms with Crippen LogP contribution in [0, 0.1) is 5.92 Å². The third kappa shape index (κ3) is 3.31. The van der Waals surface area contributed by atoms with Crippen molar-refractivity contribution in [2.24, 2.45) is 5.92 Å². The van der Waals surface area contributed by atoms with Gasteiger partial charge in [0.15, 0.2) is 0 Å². The van der Waals surface area contributed by atoms with Crippen LogP contribution in [-0.2, 0) is 14.8 Å². The van der Waals surface area contributed by atoms with Gasteiger partial charge in [0.2, 0.25) is 10.0 Å². The molecule has 1 aromatic rings. The Labute approximate surface area is 139 Å². The summed E-state index contributed by atoms with van der Waals surface area (Å²) in [4.78, 5) is 35.7. The van der Waals surface area contributed by atoms with Crippen LogP contribution in [0.1, 0.15) is 41.0 Å². The van der Waals surface area contributed by atoms with Gasteiger partial charge < -0.3 is 5.11 Å². The van der Waals surface area contributed by atoms with Crippen LogP contribution < -0.4 is 4.72 Å². The zero-order valence-electron chi connectivity index (χ0n) is 13.4. The molecule has 1 aromatic carbocycles. The highest BCUT2D eigenvalue weighted by atomic mass is 32.2. The lowest BCUT2D eigenvalue weighted by Crippen LogP contribution is -2.41. The summed E-state index contributed by atoms with van der Waals surface area (Å²) in [5.41, 5.74) is 0.111. The first-order chi connectivity index (χ1) is 11.0. The van der Waals surface area contributed by atoms with E-state index in [1.807, 2.05) is 0 Å². The van der Waals surface area contributed by atoms with Gasteiger partial charge in [-0.15, -0.1) is 0 Å². The van der Waals surface area contributed by atoms with Gasteiger partial charge >= 0.3 is 5.97 Å². The fourth-order valence-electron chi connectivity index (χ4n) is 2.43. The molecule has 0 fully saturated rings. The average molecular weight is 354 g/mol. The summed E-state index contributed by atoms with van der Waals surface area (Å²) in [7, 11) is -2.84. The van der Waals surface area contributed by atoms with Crippen molar-refractivity contribution in [3.8, 4) is 0 Å². The second-order valence-electron chi connectivity index (χ2n) is 6.02. The van der Waals surface area contributed by atoms with E-state index in [1.54, 1.807) is 13.8 Å². The molecule has 9 heteroatoms. The van der Waals surface area contributed by atoms with Crippen molar-refractivity contribution in [3.63, 3.8) is 0 Å². The van der Waals surface area contributed by atoms with Crippen LogP contribution in [0.3, 0.4) is 0 Å². The van der Waals surface area contributed by atoms with Crippen LogP contribution in [0.5, 0.6) is 0 Å². The molecule has 0 bridgehead atoms. The maximum atomic E-state index is 12.4. The number of rotatable bonds is 6. The molecule has 0 unspecified atom stereocenters. The fraction of sp³-hybridized carbons (Fsp3) is 0.400. The van der Waals surface area contributed by atoms with Gasteiger partial charge in [-0.2, -0.15) is 4.72 Å². The average Bonchev–Trinajstić information content (AvgIpc) is 2.70. The third-order valence-corrected chi connectivity index (χ3v) is 5.14. The zero-order chi connectivity index (χ0) is 18.2. The van der Waals surface area contributed by atoms with Gasteiger partial charge in [0.05, 0.1) is 16.0 Å². The molecule has 0 saturated carbocycles. The highest BCUT2D eigenvalue weighted by Gasteiger charge is 2.34. The van der Waals surface area contributed by atoms with E-state index in [2.05, 4.69) is 4.72 Å². The van der Waals surface area contributed by atoms with Crippen LogP contribution in [0.4, 0.5) is 0 Å². The van der Waals surface area contributed by atoms with Gasteiger partial charge in [-0.3, -0.25) is 19.3 Å². The molecular weight excluding hydrogens is 336 g/mol. The quantitative estimate of drug-likeness (QED) is 0.725. The molecule has 0 aliphatic carbocycles. The number of aliphatic carboxylic acids is 1. The first-order valence-electron chi connectivity index (χ1n) is 7.26. The van der Waals surface area contributed by atoms with Gasteiger partial charge in [0.1, 0.15) is 6.04 Å². The van der Waals surface area contributed by atoms with Gasteiger partial charge in [-0.1, -0.05) is 13.8 Å². The number of imide groups is 1. The second kappa shape index (κ2) is 6.33. The number of carboxylic acids is 1. The number of hydrogen-bond donors (Lipinski definition) is 2. The molecule has 2 amide bonds. The fourth-order valence-corrected chi connectivity index (χ4v) is 3.66. The maximum Gasteiger partial charge on any atom is 0.321 e. The van der Waals surface area contributed by atoms with Crippen LogP contribution >= 0.6 is 0 Å². The van der Waals surface area contributed by atoms with E-state index >= 15 is 0 Å². The Morgan fingerprint density at radius 1 is 1.21 bits per heavy atom. The number of carbonyl (C=O) groups is 3. The number of nitrogens with one attached hydrogen (secondary N) is 1. The van der Waals surface area contributed by atoms with Crippen molar-refractivity contribution in [2.75, 3.05) is 7.05 Å². The van der Waals surface area contributed by atoms with Crippen LogP contribution in [0.2, 0.25) is 0 Å². The molecule has 2 N–H and O–H groups in total. The molecule has 0 radical (unpaired) electrons. The number of amides is 2. The standard InChI is InChI=1S/C15H18N2O6S/c1-8(2)6-12(15(20)21)16-24(22,23)9-4-5-10-11(7-9)14(19)17(3)13(10)18/h4-5,7-8,12,16H,6H2,1-3H3,(H,20,21)/t12-/m1/s1. The Kier molecular flexibility index (Phi) is 4.77. The number of carboxylic acid groups (broad SMARTS) is 1. The summed E-state index contributed by atoms with van der Waals surface area (Å²) >= 11 is 0. The van der Waals surface area contributed by atoms with E-state index in [0.29, 0.717) is 0 Å². The molecule has 2 rings (SSSR count). The molecule has 130 valence electrons. The minimum atomic E-state index is -4.14. The third-order valence-electron chi connectivity index (χ3n) is 3.67. The number of benzene rings is 1. The molecule has 8 nitrogen and oxygen atoms in total. The van der Waals surface area contributed by atoms with Crippen LogP contribution in [-0.4, -0.2) is 49.3 Å². The zero-order valence-corrected chi connectivity index (χ0v) is 14.3. The van der Waals surface area contributed by atoms with E-state index in [4.69, 9.17) is 5.11 Å². The van der Waals surface area contributed by atoms with Crippen molar-refractivity contribution in [1.82, 2.24) is 9.62 Å². The van der Waals surface area contributed by atoms with Crippen molar-refractivity contribution in [2.45, 2.75) is 31.2 Å². The normalized spacial score (nSPS) is 15.8. The van der Waals surface area contributed by atoms with Gasteiger partial charge in [0, 0.05) is 7.05 Å². The molecular formula is C15H18N2O6S. The summed E-state index contributed by atoms with van der Waals surface area (Å²) in [5, 5.41) is 9.17. The lowest BCUT2D eigenvalue weighted by Gasteiger charge is -2.16. The molecule has 1 atom stereocenters. The molecule has 24 heavy (non-hydrogen) atoms. The topological polar surface area (TPSA) is 121 Å². The van der Waals surface area contributed by atoms with E-state index in [1.165, 1.54) is 19.2 Å². The molecule has 0 aromatic heterocycles. The Bertz CT molecular complexity index is 815. The molecule has 1 aliphatic rings.